The Labute approximate surface area is 107 Å². The van der Waals surface area contributed by atoms with Crippen molar-refractivity contribution in [2.24, 2.45) is 5.92 Å². The zero-order valence-electron chi connectivity index (χ0n) is 10.8. The first-order valence-electron chi connectivity index (χ1n) is 6.20. The highest BCUT2D eigenvalue weighted by molar-refractivity contribution is 5.67. The maximum Gasteiger partial charge on any atom is 0.303 e. The number of ether oxygens (including phenoxy) is 1. The second kappa shape index (κ2) is 5.40. The molecule has 98 valence electrons. The molecule has 1 aliphatic rings. The number of carboxylic acid groups (broad SMARTS) is 1. The molecule has 4 heteroatoms. The summed E-state index contributed by atoms with van der Waals surface area (Å²) in [4.78, 5) is 12.9. The van der Waals surface area contributed by atoms with E-state index in [-0.39, 0.29) is 12.5 Å². The number of benzene rings is 1. The fraction of sp³-hybridized carbons (Fsp3) is 0.500. The van der Waals surface area contributed by atoms with Crippen LogP contribution in [0.4, 0.5) is 0 Å². The molecule has 4 nitrogen and oxygen atoms in total. The van der Waals surface area contributed by atoms with Crippen molar-refractivity contribution in [2.75, 3.05) is 20.2 Å². The molecule has 1 atom stereocenters. The Kier molecular flexibility index (Phi) is 3.87. The van der Waals surface area contributed by atoms with Gasteiger partial charge in [0.1, 0.15) is 5.75 Å². The van der Waals surface area contributed by atoms with Gasteiger partial charge in [-0.25, -0.2) is 0 Å². The molecule has 0 spiro atoms. The molecule has 0 saturated carbocycles. The molecule has 1 heterocycles. The van der Waals surface area contributed by atoms with Crippen LogP contribution in [-0.2, 0) is 4.79 Å². The summed E-state index contributed by atoms with van der Waals surface area (Å²) in [6.45, 7) is 3.84. The second-order valence-corrected chi connectivity index (χ2v) is 4.84. The Bertz CT molecular complexity index is 427. The van der Waals surface area contributed by atoms with Gasteiger partial charge in [0.2, 0.25) is 0 Å². The number of rotatable bonds is 5. The molecule has 1 saturated heterocycles. The molecule has 1 unspecified atom stereocenters. The van der Waals surface area contributed by atoms with Gasteiger partial charge >= 0.3 is 5.97 Å². The van der Waals surface area contributed by atoms with Crippen molar-refractivity contribution >= 4 is 5.97 Å². The molecule has 0 aliphatic carbocycles. The van der Waals surface area contributed by atoms with E-state index in [0.29, 0.717) is 5.92 Å². The lowest BCUT2D eigenvalue weighted by Gasteiger charge is -2.43. The van der Waals surface area contributed by atoms with Crippen LogP contribution in [0, 0.1) is 5.92 Å². The van der Waals surface area contributed by atoms with Gasteiger partial charge in [-0.15, -0.1) is 0 Å². The highest BCUT2D eigenvalue weighted by Gasteiger charge is 2.32. The summed E-state index contributed by atoms with van der Waals surface area (Å²) < 4.78 is 5.36. The topological polar surface area (TPSA) is 49.8 Å². The van der Waals surface area contributed by atoms with Gasteiger partial charge < -0.3 is 9.84 Å². The number of carboxylic acids is 1. The molecular weight excluding hydrogens is 230 g/mol. The maximum absolute atomic E-state index is 10.6. The zero-order valence-corrected chi connectivity index (χ0v) is 10.8. The minimum Gasteiger partial charge on any atom is -0.496 e. The summed E-state index contributed by atoms with van der Waals surface area (Å²) in [5, 5.41) is 8.73. The average molecular weight is 249 g/mol. The zero-order chi connectivity index (χ0) is 13.1. The maximum atomic E-state index is 10.6. The van der Waals surface area contributed by atoms with Crippen LogP contribution in [0.25, 0.3) is 0 Å². The predicted octanol–water partition coefficient (Wildman–Crippen LogP) is 2.16. The largest absolute Gasteiger partial charge is 0.496 e. The number of carbonyl (C=O) groups is 1. The van der Waals surface area contributed by atoms with Crippen molar-refractivity contribution in [1.82, 2.24) is 4.90 Å². The summed E-state index contributed by atoms with van der Waals surface area (Å²) in [7, 11) is 1.68. The fourth-order valence-electron chi connectivity index (χ4n) is 2.51. The smallest absolute Gasteiger partial charge is 0.303 e. The lowest BCUT2D eigenvalue weighted by molar-refractivity contribution is -0.139. The van der Waals surface area contributed by atoms with Crippen molar-refractivity contribution in [3.05, 3.63) is 29.8 Å². The van der Waals surface area contributed by atoms with Gasteiger partial charge in [0.25, 0.3) is 0 Å². The van der Waals surface area contributed by atoms with Crippen LogP contribution in [0.5, 0.6) is 5.75 Å². The van der Waals surface area contributed by atoms with E-state index in [4.69, 9.17) is 9.84 Å². The quantitative estimate of drug-likeness (QED) is 0.868. The molecule has 0 bridgehead atoms. The van der Waals surface area contributed by atoms with E-state index in [0.717, 1.165) is 24.4 Å². The van der Waals surface area contributed by atoms with Crippen molar-refractivity contribution in [3.63, 3.8) is 0 Å². The lowest BCUT2D eigenvalue weighted by Crippen LogP contribution is -2.48. The third-order valence-electron chi connectivity index (χ3n) is 3.59. The van der Waals surface area contributed by atoms with Crippen LogP contribution < -0.4 is 4.74 Å². The number of para-hydroxylation sites is 1. The molecule has 1 aliphatic heterocycles. The highest BCUT2D eigenvalue weighted by atomic mass is 16.5. The van der Waals surface area contributed by atoms with Crippen molar-refractivity contribution in [3.8, 4) is 5.75 Å². The highest BCUT2D eigenvalue weighted by Crippen LogP contribution is 2.34. The SMILES string of the molecule is COc1ccccc1C(C)N1CC(CC(=O)O)C1. The van der Waals surface area contributed by atoms with Crippen LogP contribution in [0.15, 0.2) is 24.3 Å². The molecule has 0 amide bonds. The molecule has 0 radical (unpaired) electrons. The van der Waals surface area contributed by atoms with Gasteiger partial charge in [-0.2, -0.15) is 0 Å². The Morgan fingerprint density at radius 1 is 1.50 bits per heavy atom. The van der Waals surface area contributed by atoms with Gasteiger partial charge in [0.15, 0.2) is 0 Å². The molecule has 1 aromatic carbocycles. The van der Waals surface area contributed by atoms with E-state index in [1.807, 2.05) is 18.2 Å². The third-order valence-corrected chi connectivity index (χ3v) is 3.59. The normalized spacial score (nSPS) is 18.1. The van der Waals surface area contributed by atoms with Gasteiger partial charge in [-0.3, -0.25) is 9.69 Å². The molecule has 18 heavy (non-hydrogen) atoms. The molecule has 1 N–H and O–H groups in total. The first-order chi connectivity index (χ1) is 8.61. The molecule has 2 rings (SSSR count). The van der Waals surface area contributed by atoms with E-state index in [1.165, 1.54) is 0 Å². The Hall–Kier alpha value is -1.55. The molecule has 0 aromatic heterocycles. The average Bonchev–Trinajstić information content (AvgIpc) is 2.32. The van der Waals surface area contributed by atoms with E-state index in [2.05, 4.69) is 17.9 Å². The number of nitrogens with zero attached hydrogens (tertiary/aromatic N) is 1. The number of methoxy groups -OCH3 is 1. The Balaban J connectivity index is 1.97. The van der Waals surface area contributed by atoms with Crippen molar-refractivity contribution in [2.45, 2.75) is 19.4 Å². The predicted molar refractivity (Wildman–Crippen MR) is 68.7 cm³/mol. The third kappa shape index (κ3) is 2.64. The Morgan fingerprint density at radius 2 is 2.17 bits per heavy atom. The van der Waals surface area contributed by atoms with Crippen LogP contribution in [0.1, 0.15) is 24.9 Å². The summed E-state index contributed by atoms with van der Waals surface area (Å²) in [5.74, 6) is 0.482. The van der Waals surface area contributed by atoms with Crippen LogP contribution in [0.2, 0.25) is 0 Å². The first kappa shape index (κ1) is 12.9. The number of likely N-dealkylation sites (tertiary alicyclic amines) is 1. The second-order valence-electron chi connectivity index (χ2n) is 4.84. The van der Waals surface area contributed by atoms with Gasteiger partial charge in [0.05, 0.1) is 13.5 Å². The van der Waals surface area contributed by atoms with E-state index in [9.17, 15) is 4.79 Å². The minimum atomic E-state index is -0.704. The van der Waals surface area contributed by atoms with Crippen molar-refractivity contribution in [1.29, 1.82) is 0 Å². The summed E-state index contributed by atoms with van der Waals surface area (Å²) in [6, 6.07) is 8.25. The summed E-state index contributed by atoms with van der Waals surface area (Å²) in [6.07, 6.45) is 0.273. The number of aliphatic carboxylic acids is 1. The minimum absolute atomic E-state index is 0.270. The number of hydrogen-bond donors (Lipinski definition) is 1. The molecule has 1 fully saturated rings. The number of hydrogen-bond acceptors (Lipinski definition) is 3. The van der Waals surface area contributed by atoms with Crippen LogP contribution in [-0.4, -0.2) is 36.2 Å². The monoisotopic (exact) mass is 249 g/mol. The lowest BCUT2D eigenvalue weighted by atomic mass is 9.92. The summed E-state index contributed by atoms with van der Waals surface area (Å²) in [5.41, 5.74) is 1.16. The van der Waals surface area contributed by atoms with Crippen LogP contribution >= 0.6 is 0 Å². The first-order valence-corrected chi connectivity index (χ1v) is 6.20. The molecular formula is C14H19NO3. The van der Waals surface area contributed by atoms with E-state index >= 15 is 0 Å². The van der Waals surface area contributed by atoms with Gasteiger partial charge in [-0.05, 0) is 18.9 Å². The molecule has 1 aromatic rings. The van der Waals surface area contributed by atoms with Gasteiger partial charge in [-0.1, -0.05) is 18.2 Å². The Morgan fingerprint density at radius 3 is 2.78 bits per heavy atom. The standard InChI is InChI=1S/C14H19NO3/c1-10(12-5-3-4-6-13(12)18-2)15-8-11(9-15)7-14(16)17/h3-6,10-11H,7-9H2,1-2H3,(H,16,17). The van der Waals surface area contributed by atoms with Crippen LogP contribution in [0.3, 0.4) is 0 Å². The fourth-order valence-corrected chi connectivity index (χ4v) is 2.51. The van der Waals surface area contributed by atoms with E-state index < -0.39 is 5.97 Å². The van der Waals surface area contributed by atoms with E-state index in [1.54, 1.807) is 7.11 Å². The summed E-state index contributed by atoms with van der Waals surface area (Å²) >= 11 is 0. The van der Waals surface area contributed by atoms with Gasteiger partial charge in [0, 0.05) is 24.7 Å². The van der Waals surface area contributed by atoms with Crippen molar-refractivity contribution < 1.29 is 14.6 Å².